The van der Waals surface area contributed by atoms with Gasteiger partial charge in [0, 0.05) is 30.0 Å². The normalized spacial score (nSPS) is 13.0. The highest BCUT2D eigenvalue weighted by Crippen LogP contribution is 2.44. The van der Waals surface area contributed by atoms with Gasteiger partial charge in [0.15, 0.2) is 25.4 Å². The molecular formula is C28H29N5O13S4. The lowest BCUT2D eigenvalue weighted by molar-refractivity contribution is 0.399. The molecule has 4 rings (SSSR count). The predicted molar refractivity (Wildman–Crippen MR) is 180 cm³/mol. The van der Waals surface area contributed by atoms with Crippen molar-refractivity contribution in [1.29, 1.82) is 0 Å². The Kier molecular flexibility index (Phi) is 10.6. The molecule has 0 fully saturated rings. The Morgan fingerprint density at radius 2 is 1.20 bits per heavy atom. The summed E-state index contributed by atoms with van der Waals surface area (Å²) in [5.74, 6) is -1.99. The van der Waals surface area contributed by atoms with Crippen LogP contribution < -0.4 is 10.1 Å². The highest BCUT2D eigenvalue weighted by atomic mass is 32.2. The van der Waals surface area contributed by atoms with Crippen LogP contribution in [-0.2, 0) is 39.9 Å². The van der Waals surface area contributed by atoms with Gasteiger partial charge in [-0.15, -0.1) is 20.5 Å². The summed E-state index contributed by atoms with van der Waals surface area (Å²) in [7, 11) is -16.0. The third-order valence-corrected chi connectivity index (χ3v) is 12.6. The molecular weight excluding hydrogens is 743 g/mol. The number of fused-ring (bicyclic) bond motifs is 1. The first kappa shape index (κ1) is 38.1. The standard InChI is InChI=1S/C28H29N5O13S4/c1-5-47(36,37)24-13-21(34)19(11-22(24)46-4)31-30-18-10-7-15-16(28(18)35)8-9-17(29-3)27(15)33-32-20-12-25(48(38,39)6-2)26(50(43,44)45)14-23(20)49(40,41)42/h7-14,29,34-35H,5-6H2,1-4H3,(H,40,41,42)(H,43,44,45)/b31-30+,33-32+. The van der Waals surface area contributed by atoms with E-state index >= 15 is 0 Å². The quantitative estimate of drug-likeness (QED) is 0.0913. The molecule has 0 atom stereocenters. The fraction of sp³-hybridized carbons (Fsp3) is 0.214. The summed E-state index contributed by atoms with van der Waals surface area (Å²) >= 11 is 0. The van der Waals surface area contributed by atoms with Crippen molar-refractivity contribution in [2.75, 3.05) is 31.0 Å². The SMILES string of the molecule is CCS(=O)(=O)c1cc(O)c(/N=N/c2ccc3c(/N=N/c4cc(S(=O)(=O)CC)c(S(=O)(=O)O)cc4S(=O)(=O)O)c(NC)ccc3c2O)cc1OC. The van der Waals surface area contributed by atoms with Crippen LogP contribution in [-0.4, -0.2) is 78.7 Å². The van der Waals surface area contributed by atoms with Crippen molar-refractivity contribution in [1.82, 2.24) is 0 Å². The van der Waals surface area contributed by atoms with E-state index in [1.54, 1.807) is 0 Å². The second kappa shape index (κ2) is 13.9. The number of benzene rings is 4. The Labute approximate surface area is 286 Å². The average Bonchev–Trinajstić information content (AvgIpc) is 3.05. The number of rotatable bonds is 12. The molecule has 5 N–H and O–H groups in total. The summed E-state index contributed by atoms with van der Waals surface area (Å²) in [5.41, 5.74) is -0.883. The first-order valence-corrected chi connectivity index (χ1v) is 20.2. The predicted octanol–water partition coefficient (Wildman–Crippen LogP) is 5.21. The number of anilines is 1. The summed E-state index contributed by atoms with van der Waals surface area (Å²) in [5, 5.41) is 40.4. The third kappa shape index (κ3) is 7.53. The minimum Gasteiger partial charge on any atom is -0.506 e. The smallest absolute Gasteiger partial charge is 0.296 e. The van der Waals surface area contributed by atoms with Crippen LogP contribution in [0.4, 0.5) is 28.4 Å². The maximum Gasteiger partial charge on any atom is 0.296 e. The van der Waals surface area contributed by atoms with Crippen LogP contribution >= 0.6 is 0 Å². The number of sulfone groups is 2. The van der Waals surface area contributed by atoms with E-state index in [1.807, 2.05) is 0 Å². The van der Waals surface area contributed by atoms with E-state index in [0.29, 0.717) is 6.07 Å². The van der Waals surface area contributed by atoms with Crippen LogP contribution in [0.5, 0.6) is 17.2 Å². The van der Waals surface area contributed by atoms with Gasteiger partial charge in [0.1, 0.15) is 48.9 Å². The molecule has 0 aliphatic carbocycles. The fourth-order valence-corrected chi connectivity index (χ4v) is 8.56. The molecule has 0 aromatic heterocycles. The second-order valence-electron chi connectivity index (χ2n) is 10.2. The van der Waals surface area contributed by atoms with Crippen LogP contribution in [0.15, 0.2) is 88.6 Å². The van der Waals surface area contributed by atoms with Crippen LogP contribution in [0, 0.1) is 0 Å². The number of hydrogen-bond acceptors (Lipinski definition) is 16. The zero-order chi connectivity index (χ0) is 37.4. The van der Waals surface area contributed by atoms with Crippen LogP contribution in [0.3, 0.4) is 0 Å². The van der Waals surface area contributed by atoms with Gasteiger partial charge in [-0.05, 0) is 36.4 Å². The van der Waals surface area contributed by atoms with Gasteiger partial charge in [0.2, 0.25) is 0 Å². The Hall–Kier alpha value is -4.74. The van der Waals surface area contributed by atoms with Crippen LogP contribution in [0.2, 0.25) is 0 Å². The molecule has 0 spiro atoms. The molecule has 268 valence electrons. The third-order valence-electron chi connectivity index (χ3n) is 7.19. The minimum atomic E-state index is -5.31. The number of azo groups is 2. The number of phenols is 2. The van der Waals surface area contributed by atoms with Crippen molar-refractivity contribution in [3.05, 3.63) is 48.5 Å². The monoisotopic (exact) mass is 771 g/mol. The summed E-state index contributed by atoms with van der Waals surface area (Å²) < 4.78 is 123. The number of phenolic OH excluding ortho intramolecular Hbond substituents is 2. The van der Waals surface area contributed by atoms with Crippen LogP contribution in [0.25, 0.3) is 10.8 Å². The number of nitrogens with zero attached hydrogens (tertiary/aromatic N) is 4. The van der Waals surface area contributed by atoms with Crippen molar-refractivity contribution < 1.29 is 57.7 Å². The average molecular weight is 772 g/mol. The first-order chi connectivity index (χ1) is 23.2. The Bertz CT molecular complexity index is 2540. The van der Waals surface area contributed by atoms with Gasteiger partial charge in [-0.2, -0.15) is 16.8 Å². The second-order valence-corrected chi connectivity index (χ2v) is 17.4. The lowest BCUT2D eigenvalue weighted by atomic mass is 10.1. The summed E-state index contributed by atoms with van der Waals surface area (Å²) in [4.78, 5) is -3.72. The lowest BCUT2D eigenvalue weighted by Gasteiger charge is -2.12. The summed E-state index contributed by atoms with van der Waals surface area (Å²) in [6.45, 7) is 2.59. The van der Waals surface area contributed by atoms with E-state index in [9.17, 15) is 53.0 Å². The van der Waals surface area contributed by atoms with Gasteiger partial charge in [-0.1, -0.05) is 13.8 Å². The van der Waals surface area contributed by atoms with Gasteiger partial charge in [-0.3, -0.25) is 9.11 Å². The molecule has 50 heavy (non-hydrogen) atoms. The summed E-state index contributed by atoms with van der Waals surface area (Å²) in [6, 6.07) is 8.49. The highest BCUT2D eigenvalue weighted by Gasteiger charge is 2.30. The zero-order valence-electron chi connectivity index (χ0n) is 26.4. The number of hydrogen-bond donors (Lipinski definition) is 5. The van der Waals surface area contributed by atoms with E-state index in [1.165, 1.54) is 52.3 Å². The first-order valence-electron chi connectivity index (χ1n) is 14.0. The van der Waals surface area contributed by atoms with Crippen LogP contribution in [0.1, 0.15) is 13.8 Å². The topological polar surface area (TPSA) is 288 Å². The molecule has 0 bridgehead atoms. The van der Waals surface area contributed by atoms with Gasteiger partial charge in [-0.25, -0.2) is 16.8 Å². The molecule has 0 unspecified atom stereocenters. The maximum absolute atomic E-state index is 12.7. The number of methoxy groups -OCH3 is 1. The fourth-order valence-electron chi connectivity index (χ4n) is 4.56. The van der Waals surface area contributed by atoms with Crippen molar-refractivity contribution >= 4 is 79.1 Å². The molecule has 0 heterocycles. The van der Waals surface area contributed by atoms with Gasteiger partial charge >= 0.3 is 0 Å². The van der Waals surface area contributed by atoms with Crippen molar-refractivity contribution in [2.45, 2.75) is 33.4 Å². The number of aromatic hydroxyl groups is 2. The molecule has 0 radical (unpaired) electrons. The molecule has 0 saturated heterocycles. The molecule has 0 amide bonds. The number of nitrogens with one attached hydrogen (secondary N) is 1. The van der Waals surface area contributed by atoms with E-state index in [0.717, 1.165) is 12.1 Å². The summed E-state index contributed by atoms with van der Waals surface area (Å²) in [6.07, 6.45) is 0. The number of ether oxygens (including phenoxy) is 1. The molecule has 0 aliphatic rings. The Balaban J connectivity index is 1.89. The molecule has 0 aliphatic heterocycles. The molecule has 18 nitrogen and oxygen atoms in total. The van der Waals surface area contributed by atoms with Crippen molar-refractivity contribution in [3.8, 4) is 17.2 Å². The van der Waals surface area contributed by atoms with E-state index in [-0.39, 0.29) is 56.0 Å². The van der Waals surface area contributed by atoms with Gasteiger partial charge < -0.3 is 20.3 Å². The van der Waals surface area contributed by atoms with Gasteiger partial charge in [0.05, 0.1) is 29.2 Å². The van der Waals surface area contributed by atoms with E-state index < -0.39 is 77.5 Å². The largest absolute Gasteiger partial charge is 0.506 e. The molecule has 0 saturated carbocycles. The highest BCUT2D eigenvalue weighted by molar-refractivity contribution is 7.93. The van der Waals surface area contributed by atoms with Gasteiger partial charge in [0.25, 0.3) is 20.2 Å². The Morgan fingerprint density at radius 3 is 1.76 bits per heavy atom. The molecule has 4 aromatic carbocycles. The molecule has 4 aromatic rings. The zero-order valence-corrected chi connectivity index (χ0v) is 29.7. The van der Waals surface area contributed by atoms with Crippen molar-refractivity contribution in [3.63, 3.8) is 0 Å². The molecule has 22 heteroatoms. The minimum absolute atomic E-state index is 0.0427. The Morgan fingerprint density at radius 1 is 0.640 bits per heavy atom. The maximum atomic E-state index is 12.7. The van der Waals surface area contributed by atoms with Crippen molar-refractivity contribution in [2.24, 2.45) is 20.5 Å². The van der Waals surface area contributed by atoms with E-state index in [4.69, 9.17) is 4.74 Å². The lowest BCUT2D eigenvalue weighted by Crippen LogP contribution is -2.13. The van der Waals surface area contributed by atoms with E-state index in [2.05, 4.69) is 25.8 Å².